The third kappa shape index (κ3) is 33.7. The number of phosphoric ester groups is 1. The van der Waals surface area contributed by atoms with Crippen molar-refractivity contribution < 1.29 is 37.9 Å². The second-order valence-electron chi connectivity index (χ2n) is 12.2. The molecule has 260 valence electrons. The number of hydrogen-bond acceptors (Lipinski definition) is 6. The van der Waals surface area contributed by atoms with Crippen LogP contribution in [0.15, 0.2) is 12.2 Å². The van der Waals surface area contributed by atoms with Gasteiger partial charge >= 0.3 is 19.8 Å². The number of esters is 2. The highest BCUT2D eigenvalue weighted by atomic mass is 31.2. The maximum Gasteiger partial charge on any atom is 0.469 e. The normalized spacial score (nSPS) is 12.5. The highest BCUT2D eigenvalue weighted by molar-refractivity contribution is 7.46. The van der Waals surface area contributed by atoms with Crippen LogP contribution in [0.4, 0.5) is 0 Å². The molecule has 0 saturated heterocycles. The topological polar surface area (TPSA) is 119 Å². The van der Waals surface area contributed by atoms with Crippen LogP contribution in [-0.4, -0.2) is 41.0 Å². The quantitative estimate of drug-likeness (QED) is 0.0313. The zero-order valence-electron chi connectivity index (χ0n) is 28.3. The molecule has 0 bridgehead atoms. The minimum absolute atomic E-state index is 0.205. The first kappa shape index (κ1) is 42.8. The Hall–Kier alpha value is -1.21. The zero-order valence-corrected chi connectivity index (χ0v) is 29.2. The van der Waals surface area contributed by atoms with E-state index in [1.807, 2.05) is 0 Å². The monoisotopic (exact) mass is 646 g/mol. The molecule has 8 nitrogen and oxygen atoms in total. The van der Waals surface area contributed by atoms with E-state index in [9.17, 15) is 14.2 Å². The molecule has 0 radical (unpaired) electrons. The molecular formula is C35H67O8P. The van der Waals surface area contributed by atoms with Gasteiger partial charge in [-0.1, -0.05) is 142 Å². The molecule has 9 heteroatoms. The molecule has 0 aliphatic carbocycles. The number of rotatable bonds is 33. The van der Waals surface area contributed by atoms with Crippen molar-refractivity contribution in [3.63, 3.8) is 0 Å². The summed E-state index contributed by atoms with van der Waals surface area (Å²) in [5.74, 6) is -0.890. The van der Waals surface area contributed by atoms with Gasteiger partial charge in [-0.25, -0.2) is 4.57 Å². The average molecular weight is 647 g/mol. The zero-order chi connectivity index (χ0) is 32.6. The van der Waals surface area contributed by atoms with Crippen molar-refractivity contribution in [2.75, 3.05) is 13.2 Å². The van der Waals surface area contributed by atoms with Crippen molar-refractivity contribution >= 4 is 19.8 Å². The molecule has 0 spiro atoms. The molecule has 0 saturated carbocycles. The summed E-state index contributed by atoms with van der Waals surface area (Å²) in [4.78, 5) is 42.6. The fourth-order valence-corrected chi connectivity index (χ4v) is 5.43. The molecule has 0 aromatic rings. The summed E-state index contributed by atoms with van der Waals surface area (Å²) in [6.45, 7) is 3.64. The number of carbonyl (C=O) groups is 2. The number of hydrogen-bond donors (Lipinski definition) is 2. The maximum atomic E-state index is 12.3. The minimum atomic E-state index is -4.74. The Labute approximate surface area is 269 Å². The van der Waals surface area contributed by atoms with Gasteiger partial charge in [-0.2, -0.15) is 0 Å². The third-order valence-electron chi connectivity index (χ3n) is 7.78. The van der Waals surface area contributed by atoms with E-state index in [1.54, 1.807) is 0 Å². The number of allylic oxidation sites excluding steroid dienone is 2. The summed E-state index contributed by atoms with van der Waals surface area (Å²) in [5.41, 5.74) is 0. The van der Waals surface area contributed by atoms with Crippen molar-refractivity contribution in [2.45, 2.75) is 187 Å². The van der Waals surface area contributed by atoms with Gasteiger partial charge in [-0.15, -0.1) is 0 Å². The van der Waals surface area contributed by atoms with Crippen LogP contribution in [0.2, 0.25) is 0 Å². The molecule has 0 unspecified atom stereocenters. The molecule has 1 atom stereocenters. The van der Waals surface area contributed by atoms with E-state index >= 15 is 0 Å². The fraction of sp³-hybridized carbons (Fsp3) is 0.886. The summed E-state index contributed by atoms with van der Waals surface area (Å²) < 4.78 is 26.2. The average Bonchev–Trinajstić information content (AvgIpc) is 2.98. The van der Waals surface area contributed by atoms with Crippen LogP contribution < -0.4 is 0 Å². The Balaban J connectivity index is 3.97. The number of carbonyl (C=O) groups excluding carboxylic acids is 2. The molecular weight excluding hydrogens is 579 g/mol. The molecule has 2 N–H and O–H groups in total. The van der Waals surface area contributed by atoms with Gasteiger partial charge in [0.2, 0.25) is 0 Å². The lowest BCUT2D eigenvalue weighted by molar-refractivity contribution is -0.161. The lowest BCUT2D eigenvalue weighted by Gasteiger charge is -2.18. The van der Waals surface area contributed by atoms with E-state index in [-0.39, 0.29) is 19.4 Å². The molecule has 0 fully saturated rings. The summed E-state index contributed by atoms with van der Waals surface area (Å²) in [5, 5.41) is 0. The van der Waals surface area contributed by atoms with Crippen LogP contribution in [0.25, 0.3) is 0 Å². The van der Waals surface area contributed by atoms with Crippen molar-refractivity contribution in [3.8, 4) is 0 Å². The van der Waals surface area contributed by atoms with Crippen LogP contribution in [-0.2, 0) is 28.2 Å². The van der Waals surface area contributed by atoms with E-state index < -0.39 is 32.5 Å². The van der Waals surface area contributed by atoms with E-state index in [2.05, 4.69) is 30.5 Å². The highest BCUT2D eigenvalue weighted by Gasteiger charge is 2.22. The fourth-order valence-electron chi connectivity index (χ4n) is 5.07. The van der Waals surface area contributed by atoms with Crippen LogP contribution in [0.3, 0.4) is 0 Å². The van der Waals surface area contributed by atoms with Gasteiger partial charge in [0.25, 0.3) is 0 Å². The van der Waals surface area contributed by atoms with Gasteiger partial charge in [0.05, 0.1) is 6.61 Å². The molecule has 44 heavy (non-hydrogen) atoms. The van der Waals surface area contributed by atoms with E-state index in [4.69, 9.17) is 19.3 Å². The second-order valence-corrected chi connectivity index (χ2v) is 13.4. The van der Waals surface area contributed by atoms with Gasteiger partial charge < -0.3 is 19.3 Å². The van der Waals surface area contributed by atoms with Gasteiger partial charge in [-0.3, -0.25) is 14.1 Å². The predicted octanol–water partition coefficient (Wildman–Crippen LogP) is 10.3. The van der Waals surface area contributed by atoms with Gasteiger partial charge in [0.1, 0.15) is 6.61 Å². The predicted molar refractivity (Wildman–Crippen MR) is 179 cm³/mol. The SMILES string of the molecule is CCCCC/C=C\CCCCCCCC(=O)O[C@H](COC(=O)CCCCCCCCCCCCCCCC)COP(=O)(O)O. The Morgan fingerprint density at radius 1 is 0.568 bits per heavy atom. The molecule has 0 aliphatic heterocycles. The Kier molecular flexibility index (Phi) is 30.9. The summed E-state index contributed by atoms with van der Waals surface area (Å²) in [6.07, 6.45) is 32.2. The standard InChI is InChI=1S/C35H67O8P/c1-3-5-7-9-11-13-15-17-18-20-21-23-25-27-29-34(36)41-31-33(32-42-44(38,39)40)43-35(37)30-28-26-24-22-19-16-14-12-10-8-6-4-2/h12,14,33H,3-11,13,15-32H2,1-2H3,(H2,38,39,40)/b14-12-/t33-/m1/s1. The Morgan fingerprint density at radius 2 is 0.955 bits per heavy atom. The number of ether oxygens (including phenoxy) is 2. The molecule has 0 aromatic carbocycles. The summed E-state index contributed by atoms with van der Waals surface area (Å²) in [6, 6.07) is 0. The molecule has 0 amide bonds. The maximum absolute atomic E-state index is 12.3. The summed E-state index contributed by atoms with van der Waals surface area (Å²) in [7, 11) is -4.74. The molecule has 0 heterocycles. The largest absolute Gasteiger partial charge is 0.469 e. The van der Waals surface area contributed by atoms with Gasteiger partial charge in [-0.05, 0) is 38.5 Å². The van der Waals surface area contributed by atoms with Crippen LogP contribution in [0.1, 0.15) is 181 Å². The van der Waals surface area contributed by atoms with Crippen molar-refractivity contribution in [1.29, 1.82) is 0 Å². The molecule has 0 rings (SSSR count). The lowest BCUT2D eigenvalue weighted by atomic mass is 10.0. The van der Waals surface area contributed by atoms with Gasteiger partial charge in [0, 0.05) is 12.8 Å². The third-order valence-corrected chi connectivity index (χ3v) is 8.27. The van der Waals surface area contributed by atoms with Crippen LogP contribution in [0.5, 0.6) is 0 Å². The van der Waals surface area contributed by atoms with Crippen molar-refractivity contribution in [1.82, 2.24) is 0 Å². The van der Waals surface area contributed by atoms with Crippen molar-refractivity contribution in [3.05, 3.63) is 12.2 Å². The number of phosphoric acid groups is 1. The summed E-state index contributed by atoms with van der Waals surface area (Å²) >= 11 is 0. The smallest absolute Gasteiger partial charge is 0.462 e. The highest BCUT2D eigenvalue weighted by Crippen LogP contribution is 2.36. The van der Waals surface area contributed by atoms with E-state index in [0.717, 1.165) is 57.8 Å². The lowest BCUT2D eigenvalue weighted by Crippen LogP contribution is -2.29. The molecule has 0 aromatic heterocycles. The minimum Gasteiger partial charge on any atom is -0.462 e. The van der Waals surface area contributed by atoms with E-state index in [1.165, 1.54) is 89.9 Å². The van der Waals surface area contributed by atoms with Crippen LogP contribution >= 0.6 is 7.82 Å². The first-order valence-corrected chi connectivity index (χ1v) is 19.5. The van der Waals surface area contributed by atoms with Crippen LogP contribution in [0, 0.1) is 0 Å². The first-order valence-electron chi connectivity index (χ1n) is 18.0. The number of unbranched alkanes of at least 4 members (excludes halogenated alkanes) is 21. The Morgan fingerprint density at radius 3 is 1.43 bits per heavy atom. The second kappa shape index (κ2) is 31.8. The Bertz CT molecular complexity index is 736. The first-order chi connectivity index (χ1) is 21.3. The van der Waals surface area contributed by atoms with Crippen molar-refractivity contribution in [2.24, 2.45) is 0 Å². The van der Waals surface area contributed by atoms with E-state index in [0.29, 0.717) is 6.42 Å². The molecule has 0 aliphatic rings. The van der Waals surface area contributed by atoms with Gasteiger partial charge in [0.15, 0.2) is 6.10 Å².